The number of nitro groups is 1. The lowest BCUT2D eigenvalue weighted by molar-refractivity contribution is -0.384. The molecule has 24 heavy (non-hydrogen) atoms. The summed E-state index contributed by atoms with van der Waals surface area (Å²) < 4.78 is 27.7. The van der Waals surface area contributed by atoms with E-state index in [9.17, 15) is 18.5 Å². The highest BCUT2D eigenvalue weighted by Crippen LogP contribution is 2.27. The third-order valence-electron chi connectivity index (χ3n) is 3.59. The van der Waals surface area contributed by atoms with Crippen LogP contribution in [0.3, 0.4) is 0 Å². The van der Waals surface area contributed by atoms with Crippen molar-refractivity contribution in [3.8, 4) is 0 Å². The van der Waals surface area contributed by atoms with Crippen LogP contribution >= 0.6 is 0 Å². The molecule has 0 saturated heterocycles. The van der Waals surface area contributed by atoms with Crippen molar-refractivity contribution in [2.24, 2.45) is 5.14 Å². The number of rotatable bonds is 7. The van der Waals surface area contributed by atoms with E-state index in [0.29, 0.717) is 13.0 Å². The van der Waals surface area contributed by atoms with Gasteiger partial charge in [-0.3, -0.25) is 10.1 Å². The van der Waals surface area contributed by atoms with E-state index in [4.69, 9.17) is 9.66 Å². The van der Waals surface area contributed by atoms with Crippen LogP contribution in [0.1, 0.15) is 23.4 Å². The minimum Gasteiger partial charge on any atom is -0.379 e. The number of sulfonamides is 1. The van der Waals surface area contributed by atoms with Crippen molar-refractivity contribution in [2.45, 2.75) is 31.6 Å². The molecule has 0 aliphatic rings. The number of primary sulfonamides is 1. The molecular weight excluding hydrogens is 336 g/mol. The number of nitrogens with one attached hydrogen (secondary N) is 1. The maximum atomic E-state index is 11.3. The van der Waals surface area contributed by atoms with Gasteiger partial charge in [0.25, 0.3) is 5.69 Å². The number of anilines is 1. The molecule has 1 aromatic heterocycles. The van der Waals surface area contributed by atoms with Gasteiger partial charge < -0.3 is 9.84 Å². The molecule has 1 aromatic carbocycles. The van der Waals surface area contributed by atoms with E-state index in [1.807, 2.05) is 13.8 Å². The Kier molecular flexibility index (Phi) is 5.20. The second-order valence-electron chi connectivity index (χ2n) is 5.31. The van der Waals surface area contributed by atoms with E-state index in [-0.39, 0.29) is 16.3 Å². The summed E-state index contributed by atoms with van der Waals surface area (Å²) in [6, 6.07) is 3.53. The van der Waals surface area contributed by atoms with E-state index in [1.165, 1.54) is 12.1 Å². The fourth-order valence-electron chi connectivity index (χ4n) is 2.34. The summed E-state index contributed by atoms with van der Waals surface area (Å²) in [4.78, 5) is 10.2. The molecule has 3 N–H and O–H groups in total. The highest BCUT2D eigenvalue weighted by molar-refractivity contribution is 7.89. The molecule has 0 amide bonds. The number of benzene rings is 1. The molecule has 0 aliphatic carbocycles. The van der Waals surface area contributed by atoms with Gasteiger partial charge in [-0.15, -0.1) is 0 Å². The summed E-state index contributed by atoms with van der Waals surface area (Å²) in [5, 5.41) is 22.9. The molecule has 0 unspecified atom stereocenters. The van der Waals surface area contributed by atoms with Gasteiger partial charge in [-0.25, -0.2) is 13.6 Å². The standard InChI is InChI=1S/C14H18N4O5S/c1-9-12(10(2)23-17-9)4-3-7-16-13-6-5-11(24(15,21)22)8-14(13)18(19)20/h5-6,8,16H,3-4,7H2,1-2H3,(H2,15,21,22). The van der Waals surface area contributed by atoms with Crippen LogP contribution in [-0.4, -0.2) is 25.0 Å². The zero-order valence-electron chi connectivity index (χ0n) is 13.3. The van der Waals surface area contributed by atoms with Crippen molar-refractivity contribution in [3.63, 3.8) is 0 Å². The Hall–Kier alpha value is -2.46. The number of nitrogens with zero attached hydrogens (tertiary/aromatic N) is 2. The second kappa shape index (κ2) is 6.97. The van der Waals surface area contributed by atoms with Gasteiger partial charge in [0.15, 0.2) is 0 Å². The summed E-state index contributed by atoms with van der Waals surface area (Å²) >= 11 is 0. The molecular formula is C14H18N4O5S. The lowest BCUT2D eigenvalue weighted by Crippen LogP contribution is -2.13. The maximum absolute atomic E-state index is 11.3. The van der Waals surface area contributed by atoms with Crippen LogP contribution in [-0.2, 0) is 16.4 Å². The molecule has 0 aliphatic heterocycles. The quantitative estimate of drug-likeness (QED) is 0.439. The van der Waals surface area contributed by atoms with Crippen molar-refractivity contribution in [1.29, 1.82) is 0 Å². The Morgan fingerprint density at radius 2 is 2.08 bits per heavy atom. The zero-order valence-corrected chi connectivity index (χ0v) is 14.1. The minimum atomic E-state index is -3.99. The van der Waals surface area contributed by atoms with Gasteiger partial charge >= 0.3 is 0 Å². The third-order valence-corrected chi connectivity index (χ3v) is 4.51. The van der Waals surface area contributed by atoms with Crippen molar-refractivity contribution >= 4 is 21.4 Å². The van der Waals surface area contributed by atoms with Crippen LogP contribution in [0.4, 0.5) is 11.4 Å². The number of hydrogen-bond acceptors (Lipinski definition) is 7. The van der Waals surface area contributed by atoms with Crippen molar-refractivity contribution in [1.82, 2.24) is 5.16 Å². The first-order valence-electron chi connectivity index (χ1n) is 7.17. The largest absolute Gasteiger partial charge is 0.379 e. The first kappa shape index (κ1) is 17.9. The molecule has 0 bridgehead atoms. The summed E-state index contributed by atoms with van der Waals surface area (Å²) in [5.74, 6) is 0.760. The van der Waals surface area contributed by atoms with E-state index >= 15 is 0 Å². The van der Waals surface area contributed by atoms with Gasteiger partial charge in [-0.1, -0.05) is 5.16 Å². The molecule has 1 heterocycles. The van der Waals surface area contributed by atoms with Crippen molar-refractivity contribution < 1.29 is 17.9 Å². The fourth-order valence-corrected chi connectivity index (χ4v) is 2.87. The van der Waals surface area contributed by atoms with Crippen LogP contribution in [0.5, 0.6) is 0 Å². The Morgan fingerprint density at radius 1 is 1.38 bits per heavy atom. The number of aryl methyl sites for hydroxylation is 2. The average Bonchev–Trinajstić information content (AvgIpc) is 2.81. The van der Waals surface area contributed by atoms with Gasteiger partial charge in [-0.2, -0.15) is 0 Å². The highest BCUT2D eigenvalue weighted by Gasteiger charge is 2.18. The topological polar surface area (TPSA) is 141 Å². The van der Waals surface area contributed by atoms with Crippen LogP contribution < -0.4 is 10.5 Å². The van der Waals surface area contributed by atoms with E-state index in [1.54, 1.807) is 0 Å². The molecule has 9 nitrogen and oxygen atoms in total. The summed E-state index contributed by atoms with van der Waals surface area (Å²) in [6.07, 6.45) is 1.42. The first-order valence-corrected chi connectivity index (χ1v) is 8.71. The Labute approximate surface area is 139 Å². The first-order chi connectivity index (χ1) is 11.2. The minimum absolute atomic E-state index is 0.242. The highest BCUT2D eigenvalue weighted by atomic mass is 32.2. The number of nitrogens with two attached hydrogens (primary N) is 1. The molecule has 2 rings (SSSR count). The van der Waals surface area contributed by atoms with Crippen LogP contribution in [0.15, 0.2) is 27.6 Å². The van der Waals surface area contributed by atoms with Crippen LogP contribution in [0.25, 0.3) is 0 Å². The molecule has 0 atom stereocenters. The summed E-state index contributed by atoms with van der Waals surface area (Å²) in [5.41, 5.74) is 1.76. The SMILES string of the molecule is Cc1noc(C)c1CCCNc1ccc(S(N)(=O)=O)cc1[N+](=O)[O-]. The van der Waals surface area contributed by atoms with Gasteiger partial charge in [0.05, 0.1) is 15.5 Å². The molecule has 0 spiro atoms. The van der Waals surface area contributed by atoms with Gasteiger partial charge in [0.2, 0.25) is 10.0 Å². The van der Waals surface area contributed by atoms with Gasteiger partial charge in [-0.05, 0) is 38.8 Å². The smallest absolute Gasteiger partial charge is 0.293 e. The lowest BCUT2D eigenvalue weighted by Gasteiger charge is -2.08. The molecule has 2 aromatic rings. The van der Waals surface area contributed by atoms with Crippen LogP contribution in [0.2, 0.25) is 0 Å². The molecule has 0 radical (unpaired) electrons. The van der Waals surface area contributed by atoms with E-state index in [2.05, 4.69) is 10.5 Å². The Morgan fingerprint density at radius 3 is 2.62 bits per heavy atom. The Balaban J connectivity index is 2.06. The average molecular weight is 354 g/mol. The van der Waals surface area contributed by atoms with Gasteiger partial charge in [0.1, 0.15) is 11.4 Å². The fraction of sp³-hybridized carbons (Fsp3) is 0.357. The van der Waals surface area contributed by atoms with Crippen molar-refractivity contribution in [2.75, 3.05) is 11.9 Å². The zero-order chi connectivity index (χ0) is 17.9. The maximum Gasteiger partial charge on any atom is 0.293 e. The lowest BCUT2D eigenvalue weighted by atomic mass is 10.1. The molecule has 10 heteroatoms. The predicted octanol–water partition coefficient (Wildman–Crippen LogP) is 1.89. The molecule has 0 fully saturated rings. The van der Waals surface area contributed by atoms with E-state index in [0.717, 1.165) is 29.5 Å². The molecule has 0 saturated carbocycles. The van der Waals surface area contributed by atoms with Gasteiger partial charge in [0, 0.05) is 18.2 Å². The number of nitro benzene ring substituents is 1. The van der Waals surface area contributed by atoms with E-state index < -0.39 is 14.9 Å². The Bertz CT molecular complexity index is 841. The summed E-state index contributed by atoms with van der Waals surface area (Å²) in [6.45, 7) is 4.16. The monoisotopic (exact) mass is 354 g/mol. The molecule has 130 valence electrons. The number of hydrogen-bond donors (Lipinski definition) is 2. The number of aromatic nitrogens is 1. The summed E-state index contributed by atoms with van der Waals surface area (Å²) in [7, 11) is -3.99. The van der Waals surface area contributed by atoms with Crippen molar-refractivity contribution in [3.05, 3.63) is 45.3 Å². The predicted molar refractivity (Wildman–Crippen MR) is 87.3 cm³/mol. The third kappa shape index (κ3) is 4.09. The normalized spacial score (nSPS) is 11.5. The second-order valence-corrected chi connectivity index (χ2v) is 6.88. The van der Waals surface area contributed by atoms with Crippen LogP contribution in [0, 0.1) is 24.0 Å².